The molecule has 0 atom stereocenters. The van der Waals surface area contributed by atoms with Crippen molar-refractivity contribution >= 4 is 66.2 Å². The monoisotopic (exact) mass is 692 g/mol. The van der Waals surface area contributed by atoms with Crippen molar-refractivity contribution in [3.05, 3.63) is 199 Å². The van der Waals surface area contributed by atoms with Crippen molar-refractivity contribution in [2.45, 2.75) is 6.17 Å². The molecule has 1 aliphatic rings. The molecule has 1 aliphatic heterocycles. The fourth-order valence-electron chi connectivity index (χ4n) is 8.15. The van der Waals surface area contributed by atoms with Crippen molar-refractivity contribution in [1.82, 2.24) is 9.88 Å². The molecule has 0 saturated carbocycles. The summed E-state index contributed by atoms with van der Waals surface area (Å²) in [7, 11) is 0. The summed E-state index contributed by atoms with van der Waals surface area (Å²) in [5, 5.41) is 10.6. The van der Waals surface area contributed by atoms with Crippen LogP contribution in [0.15, 0.2) is 196 Å². The van der Waals surface area contributed by atoms with E-state index in [0.29, 0.717) is 0 Å². The molecule has 5 nitrogen and oxygen atoms in total. The largest absolute Gasteiger partial charge is 0.456 e. The Kier molecular flexibility index (Phi) is 6.85. The van der Waals surface area contributed by atoms with Gasteiger partial charge in [0.15, 0.2) is 6.17 Å². The van der Waals surface area contributed by atoms with Gasteiger partial charge in [0, 0.05) is 43.9 Å². The van der Waals surface area contributed by atoms with Crippen LogP contribution in [0.1, 0.15) is 22.9 Å². The number of hydrogen-bond donors (Lipinski definition) is 1. The number of amidine groups is 2. The van der Waals surface area contributed by atoms with Gasteiger partial charge in [-0.05, 0) is 70.4 Å². The second kappa shape index (κ2) is 12.2. The molecule has 254 valence electrons. The molecule has 0 radical (unpaired) electrons. The van der Waals surface area contributed by atoms with Crippen molar-refractivity contribution in [2.24, 2.45) is 9.98 Å². The van der Waals surface area contributed by atoms with Crippen molar-refractivity contribution in [1.29, 1.82) is 0 Å². The third kappa shape index (κ3) is 4.86. The van der Waals surface area contributed by atoms with E-state index in [1.165, 1.54) is 27.1 Å². The molecule has 0 amide bonds. The summed E-state index contributed by atoms with van der Waals surface area (Å²) in [6, 6.07) is 63.9. The van der Waals surface area contributed by atoms with Gasteiger partial charge in [-0.25, -0.2) is 9.98 Å². The zero-order valence-electron chi connectivity index (χ0n) is 29.1. The number of aromatic nitrogens is 1. The molecular formula is C49H32N4O. The summed E-state index contributed by atoms with van der Waals surface area (Å²) in [4.78, 5) is 10.5. The number of fused-ring (bicyclic) bond motifs is 8. The average molecular weight is 693 g/mol. The molecule has 0 saturated heterocycles. The van der Waals surface area contributed by atoms with E-state index in [0.717, 1.165) is 72.6 Å². The molecular weight excluding hydrogens is 661 g/mol. The summed E-state index contributed by atoms with van der Waals surface area (Å²) in [6.07, 6.45) is -0.499. The van der Waals surface area contributed by atoms with E-state index in [1.54, 1.807) is 0 Å². The second-order valence-corrected chi connectivity index (χ2v) is 13.8. The van der Waals surface area contributed by atoms with Crippen LogP contribution in [0.2, 0.25) is 0 Å². The summed E-state index contributed by atoms with van der Waals surface area (Å²) in [5.41, 5.74) is 10.3. The zero-order chi connectivity index (χ0) is 35.6. The molecule has 3 heterocycles. The van der Waals surface area contributed by atoms with Gasteiger partial charge >= 0.3 is 0 Å². The molecule has 1 N–H and O–H groups in total. The van der Waals surface area contributed by atoms with Gasteiger partial charge in [-0.3, -0.25) is 0 Å². The summed E-state index contributed by atoms with van der Waals surface area (Å²) >= 11 is 0. The van der Waals surface area contributed by atoms with Gasteiger partial charge in [0.25, 0.3) is 0 Å². The highest BCUT2D eigenvalue weighted by Gasteiger charge is 2.24. The first-order valence-corrected chi connectivity index (χ1v) is 18.3. The van der Waals surface area contributed by atoms with Crippen LogP contribution in [0.5, 0.6) is 0 Å². The average Bonchev–Trinajstić information content (AvgIpc) is 3.80. The van der Waals surface area contributed by atoms with E-state index in [4.69, 9.17) is 14.4 Å². The molecule has 0 bridgehead atoms. The van der Waals surface area contributed by atoms with Crippen molar-refractivity contribution < 1.29 is 4.42 Å². The van der Waals surface area contributed by atoms with E-state index in [2.05, 4.69) is 143 Å². The Morgan fingerprint density at radius 2 is 1.09 bits per heavy atom. The van der Waals surface area contributed by atoms with E-state index in [-0.39, 0.29) is 0 Å². The normalized spacial score (nSPS) is 13.5. The van der Waals surface area contributed by atoms with Crippen LogP contribution in [0.3, 0.4) is 0 Å². The highest BCUT2D eigenvalue weighted by atomic mass is 16.3. The van der Waals surface area contributed by atoms with E-state index in [1.807, 2.05) is 48.5 Å². The summed E-state index contributed by atoms with van der Waals surface area (Å²) < 4.78 is 9.01. The number of nitrogens with zero attached hydrogens (tertiary/aromatic N) is 3. The lowest BCUT2D eigenvalue weighted by atomic mass is 9.94. The van der Waals surface area contributed by atoms with Gasteiger partial charge in [0.1, 0.15) is 22.8 Å². The van der Waals surface area contributed by atoms with Crippen LogP contribution in [-0.2, 0) is 0 Å². The minimum Gasteiger partial charge on any atom is -0.456 e. The zero-order valence-corrected chi connectivity index (χ0v) is 29.1. The maximum Gasteiger partial charge on any atom is 0.169 e. The first-order chi connectivity index (χ1) is 26.8. The highest BCUT2D eigenvalue weighted by molar-refractivity contribution is 6.23. The molecule has 0 spiro atoms. The molecule has 2 aromatic heterocycles. The van der Waals surface area contributed by atoms with E-state index >= 15 is 0 Å². The minimum atomic E-state index is -0.499. The summed E-state index contributed by atoms with van der Waals surface area (Å²) in [5.74, 6) is 1.56. The molecule has 0 aliphatic carbocycles. The Hall–Kier alpha value is -7.24. The maximum absolute atomic E-state index is 6.63. The molecule has 10 aromatic rings. The number of aliphatic imine (C=N–C) groups is 2. The van der Waals surface area contributed by atoms with E-state index < -0.39 is 6.17 Å². The summed E-state index contributed by atoms with van der Waals surface area (Å²) in [6.45, 7) is 0. The second-order valence-electron chi connectivity index (χ2n) is 13.8. The number of furan rings is 1. The topological polar surface area (TPSA) is 54.8 Å². The van der Waals surface area contributed by atoms with Crippen LogP contribution in [0.25, 0.3) is 71.3 Å². The number of nitrogens with one attached hydrogen (secondary N) is 1. The van der Waals surface area contributed by atoms with Crippen LogP contribution in [0, 0.1) is 0 Å². The van der Waals surface area contributed by atoms with Crippen molar-refractivity contribution in [3.8, 4) is 16.8 Å². The highest BCUT2D eigenvalue weighted by Crippen LogP contribution is 2.43. The number of benzene rings is 8. The first kappa shape index (κ1) is 30.4. The molecule has 8 aromatic carbocycles. The molecule has 5 heteroatoms. The van der Waals surface area contributed by atoms with Crippen LogP contribution in [0.4, 0.5) is 0 Å². The number of hydrogen-bond acceptors (Lipinski definition) is 4. The Labute approximate surface area is 311 Å². The van der Waals surface area contributed by atoms with Crippen LogP contribution >= 0.6 is 0 Å². The van der Waals surface area contributed by atoms with Crippen molar-refractivity contribution in [2.75, 3.05) is 0 Å². The molecule has 11 rings (SSSR count). The predicted molar refractivity (Wildman–Crippen MR) is 223 cm³/mol. The van der Waals surface area contributed by atoms with Crippen molar-refractivity contribution in [3.63, 3.8) is 0 Å². The van der Waals surface area contributed by atoms with Gasteiger partial charge in [0.2, 0.25) is 0 Å². The fraction of sp³-hybridized carbons (Fsp3) is 0.0204. The minimum absolute atomic E-state index is 0.499. The SMILES string of the molecule is c1ccc(C2=NC(c3cc(-c4ccc5c(c4)c4c6ccccc6ccc4n5-c4ccccc4)c4c(c3)oc3ccccc34)N=C(c3ccccc3)N2)cc1. The fourth-order valence-corrected chi connectivity index (χ4v) is 8.15. The number of rotatable bonds is 5. The van der Waals surface area contributed by atoms with Gasteiger partial charge in [0.05, 0.1) is 11.0 Å². The first-order valence-electron chi connectivity index (χ1n) is 18.3. The standard InChI is InChI=1S/C49H32N4O/c1-4-15-32(16-5-1)47-50-48(33-17-6-2-7-18-33)52-49(51-47)35-29-39(46-38-22-12-13-23-43(38)54-44(46)30-35)34-25-26-41-40(28-34)45-37-21-11-10-14-31(37)24-27-42(45)53(41)36-19-8-3-9-20-36/h1-30,49H,(H,50,51,52). The Morgan fingerprint density at radius 3 is 1.83 bits per heavy atom. The lowest BCUT2D eigenvalue weighted by molar-refractivity contribution is 0.665. The predicted octanol–water partition coefficient (Wildman–Crippen LogP) is 12.0. The molecule has 0 unspecified atom stereocenters. The lowest BCUT2D eigenvalue weighted by Crippen LogP contribution is -2.36. The van der Waals surface area contributed by atoms with Gasteiger partial charge in [-0.2, -0.15) is 0 Å². The van der Waals surface area contributed by atoms with Crippen LogP contribution in [-0.4, -0.2) is 16.2 Å². The van der Waals surface area contributed by atoms with E-state index in [9.17, 15) is 0 Å². The van der Waals surface area contributed by atoms with Gasteiger partial charge in [-0.1, -0.05) is 133 Å². The van der Waals surface area contributed by atoms with Crippen LogP contribution < -0.4 is 5.32 Å². The Morgan fingerprint density at radius 1 is 0.463 bits per heavy atom. The van der Waals surface area contributed by atoms with Gasteiger partial charge in [-0.15, -0.1) is 0 Å². The third-order valence-electron chi connectivity index (χ3n) is 10.6. The lowest BCUT2D eigenvalue weighted by Gasteiger charge is -2.23. The smallest absolute Gasteiger partial charge is 0.169 e. The Balaban J connectivity index is 1.18. The third-order valence-corrected chi connectivity index (χ3v) is 10.6. The maximum atomic E-state index is 6.63. The van der Waals surface area contributed by atoms with Gasteiger partial charge < -0.3 is 14.3 Å². The number of para-hydroxylation sites is 2. The quantitative estimate of drug-likeness (QED) is 0.195. The molecule has 54 heavy (non-hydrogen) atoms. The molecule has 0 fully saturated rings. The Bertz CT molecular complexity index is 3070.